The molecule has 1 aliphatic carbocycles. The van der Waals surface area contributed by atoms with E-state index in [1.807, 2.05) is 25.1 Å². The fourth-order valence-corrected chi connectivity index (χ4v) is 2.48. The van der Waals surface area contributed by atoms with Crippen molar-refractivity contribution in [2.24, 2.45) is 10.9 Å². The molecule has 0 heterocycles. The van der Waals surface area contributed by atoms with Crippen LogP contribution < -0.4 is 10.6 Å². The summed E-state index contributed by atoms with van der Waals surface area (Å²) in [5.41, 5.74) is 1.18. The summed E-state index contributed by atoms with van der Waals surface area (Å²) in [4.78, 5) is 4.41. The average molecular weight is 482 g/mol. The summed E-state index contributed by atoms with van der Waals surface area (Å²) in [6, 6.07) is 7.85. The minimum atomic E-state index is -0.563. The molecule has 0 aliphatic heterocycles. The molecule has 0 radical (unpaired) electrons. The van der Waals surface area contributed by atoms with Crippen LogP contribution in [0.25, 0.3) is 0 Å². The largest absolute Gasteiger partial charge is 0.389 e. The topological polar surface area (TPSA) is 65.9 Å². The SMILES string of the molecule is CCNC(=NCC(O)COCC1CC1)NCCc1cccc(Cl)c1.I. The molecule has 1 aliphatic rings. The molecule has 7 heteroatoms. The van der Waals surface area contributed by atoms with E-state index in [1.165, 1.54) is 18.4 Å². The molecule has 1 saturated carbocycles. The average Bonchev–Trinajstić information content (AvgIpc) is 3.37. The smallest absolute Gasteiger partial charge is 0.191 e. The molecule has 1 aromatic carbocycles. The van der Waals surface area contributed by atoms with E-state index < -0.39 is 6.10 Å². The van der Waals surface area contributed by atoms with Gasteiger partial charge in [0.25, 0.3) is 0 Å². The van der Waals surface area contributed by atoms with E-state index in [4.69, 9.17) is 16.3 Å². The maximum atomic E-state index is 9.93. The fraction of sp³-hybridized carbons (Fsp3) is 0.611. The third-order valence-electron chi connectivity index (χ3n) is 3.76. The van der Waals surface area contributed by atoms with Crippen LogP contribution in [0.1, 0.15) is 25.3 Å². The predicted molar refractivity (Wildman–Crippen MR) is 114 cm³/mol. The third-order valence-corrected chi connectivity index (χ3v) is 4.00. The van der Waals surface area contributed by atoms with Crippen molar-refractivity contribution in [2.45, 2.75) is 32.3 Å². The quantitative estimate of drug-likeness (QED) is 0.273. The van der Waals surface area contributed by atoms with E-state index in [0.29, 0.717) is 25.0 Å². The molecule has 142 valence electrons. The Labute approximate surface area is 172 Å². The molecule has 25 heavy (non-hydrogen) atoms. The van der Waals surface area contributed by atoms with Crippen LogP contribution in [0.5, 0.6) is 0 Å². The molecular formula is C18H29ClIN3O2. The maximum absolute atomic E-state index is 9.93. The Morgan fingerprint density at radius 3 is 2.88 bits per heavy atom. The molecule has 0 amide bonds. The molecule has 0 aromatic heterocycles. The summed E-state index contributed by atoms with van der Waals surface area (Å²) in [6.07, 6.45) is 2.81. The summed E-state index contributed by atoms with van der Waals surface area (Å²) in [7, 11) is 0. The van der Waals surface area contributed by atoms with Gasteiger partial charge in [-0.2, -0.15) is 0 Å². The van der Waals surface area contributed by atoms with Crippen molar-refractivity contribution in [2.75, 3.05) is 32.8 Å². The Balaban J connectivity index is 0.00000312. The summed E-state index contributed by atoms with van der Waals surface area (Å²) < 4.78 is 5.49. The highest BCUT2D eigenvalue weighted by Gasteiger charge is 2.21. The minimum absolute atomic E-state index is 0. The molecule has 1 atom stereocenters. The number of benzene rings is 1. The zero-order chi connectivity index (χ0) is 17.2. The first-order valence-corrected chi connectivity index (χ1v) is 9.07. The second-order valence-electron chi connectivity index (χ2n) is 6.16. The molecule has 0 bridgehead atoms. The standard InChI is InChI=1S/C18H28ClN3O2.HI/c1-2-20-18(21-9-8-14-4-3-5-16(19)10-14)22-11-17(23)13-24-12-15-6-7-15;/h3-5,10,15,17,23H,2,6-9,11-13H2,1H3,(H2,20,21,22);1H. The van der Waals surface area contributed by atoms with Crippen molar-refractivity contribution in [1.82, 2.24) is 10.6 Å². The van der Waals surface area contributed by atoms with E-state index in [-0.39, 0.29) is 24.0 Å². The van der Waals surface area contributed by atoms with Gasteiger partial charge < -0.3 is 20.5 Å². The van der Waals surface area contributed by atoms with Gasteiger partial charge in [-0.1, -0.05) is 23.7 Å². The summed E-state index contributed by atoms with van der Waals surface area (Å²) in [5, 5.41) is 17.1. The van der Waals surface area contributed by atoms with Gasteiger partial charge >= 0.3 is 0 Å². The summed E-state index contributed by atoms with van der Waals surface area (Å²) in [6.45, 7) is 4.99. The molecule has 2 rings (SSSR count). The van der Waals surface area contributed by atoms with E-state index in [0.717, 1.165) is 31.1 Å². The molecule has 1 unspecified atom stereocenters. The summed E-state index contributed by atoms with van der Waals surface area (Å²) >= 11 is 5.99. The number of nitrogens with one attached hydrogen (secondary N) is 2. The van der Waals surface area contributed by atoms with Crippen LogP contribution in [0, 0.1) is 5.92 Å². The van der Waals surface area contributed by atoms with Crippen LogP contribution in [0.2, 0.25) is 5.02 Å². The monoisotopic (exact) mass is 481 g/mol. The van der Waals surface area contributed by atoms with Gasteiger partial charge in [0.1, 0.15) is 0 Å². The molecular weight excluding hydrogens is 453 g/mol. The zero-order valence-corrected chi connectivity index (χ0v) is 17.8. The van der Waals surface area contributed by atoms with Crippen LogP contribution in [-0.2, 0) is 11.2 Å². The lowest BCUT2D eigenvalue weighted by Crippen LogP contribution is -2.39. The van der Waals surface area contributed by atoms with Gasteiger partial charge in [0, 0.05) is 24.7 Å². The highest BCUT2D eigenvalue weighted by atomic mass is 127. The lowest BCUT2D eigenvalue weighted by molar-refractivity contribution is 0.0368. The van der Waals surface area contributed by atoms with Gasteiger partial charge in [-0.15, -0.1) is 24.0 Å². The first-order chi connectivity index (χ1) is 11.7. The lowest BCUT2D eigenvalue weighted by Gasteiger charge is -2.13. The second kappa shape index (κ2) is 12.7. The van der Waals surface area contributed by atoms with Crippen LogP contribution in [0.3, 0.4) is 0 Å². The first-order valence-electron chi connectivity index (χ1n) is 8.69. The maximum Gasteiger partial charge on any atom is 0.191 e. The normalized spacial score (nSPS) is 15.4. The number of ether oxygens (including phenoxy) is 1. The van der Waals surface area contributed by atoms with Crippen LogP contribution in [0.4, 0.5) is 0 Å². The Hall–Kier alpha value is -0.570. The van der Waals surface area contributed by atoms with Gasteiger partial charge in [-0.25, -0.2) is 0 Å². The van der Waals surface area contributed by atoms with Crippen molar-refractivity contribution >= 4 is 41.5 Å². The van der Waals surface area contributed by atoms with Crippen LogP contribution in [0.15, 0.2) is 29.3 Å². The highest BCUT2D eigenvalue weighted by Crippen LogP contribution is 2.28. The molecule has 1 fully saturated rings. The number of rotatable bonds is 10. The first kappa shape index (κ1) is 22.5. The minimum Gasteiger partial charge on any atom is -0.389 e. The number of hydrogen-bond acceptors (Lipinski definition) is 3. The number of aliphatic hydroxyl groups is 1. The predicted octanol–water partition coefficient (Wildman–Crippen LogP) is 2.84. The zero-order valence-electron chi connectivity index (χ0n) is 14.7. The number of nitrogens with zero attached hydrogens (tertiary/aromatic N) is 1. The van der Waals surface area contributed by atoms with Crippen molar-refractivity contribution in [3.05, 3.63) is 34.9 Å². The Kier molecular flexibility index (Phi) is 11.4. The molecule has 0 saturated heterocycles. The third kappa shape index (κ3) is 10.2. The van der Waals surface area contributed by atoms with E-state index in [1.54, 1.807) is 0 Å². The van der Waals surface area contributed by atoms with Crippen molar-refractivity contribution in [3.8, 4) is 0 Å². The van der Waals surface area contributed by atoms with E-state index in [9.17, 15) is 5.11 Å². The molecule has 3 N–H and O–H groups in total. The molecule has 1 aromatic rings. The Bertz CT molecular complexity index is 527. The van der Waals surface area contributed by atoms with E-state index >= 15 is 0 Å². The van der Waals surface area contributed by atoms with Gasteiger partial charge in [-0.05, 0) is 49.8 Å². The van der Waals surface area contributed by atoms with Crippen molar-refractivity contribution in [3.63, 3.8) is 0 Å². The Morgan fingerprint density at radius 1 is 1.40 bits per heavy atom. The van der Waals surface area contributed by atoms with Gasteiger partial charge in [0.2, 0.25) is 0 Å². The van der Waals surface area contributed by atoms with Gasteiger partial charge in [-0.3, -0.25) is 4.99 Å². The Morgan fingerprint density at radius 2 is 2.20 bits per heavy atom. The van der Waals surface area contributed by atoms with Crippen LogP contribution >= 0.6 is 35.6 Å². The number of guanidine groups is 1. The second-order valence-corrected chi connectivity index (χ2v) is 6.60. The number of aliphatic hydroxyl groups excluding tert-OH is 1. The number of hydrogen-bond donors (Lipinski definition) is 3. The van der Waals surface area contributed by atoms with Gasteiger partial charge in [0.05, 0.1) is 19.3 Å². The van der Waals surface area contributed by atoms with E-state index in [2.05, 4.69) is 21.7 Å². The van der Waals surface area contributed by atoms with Crippen LogP contribution in [-0.4, -0.2) is 50.0 Å². The molecule has 5 nitrogen and oxygen atoms in total. The fourth-order valence-electron chi connectivity index (χ4n) is 2.26. The lowest BCUT2D eigenvalue weighted by atomic mass is 10.1. The molecule has 0 spiro atoms. The van der Waals surface area contributed by atoms with Crippen molar-refractivity contribution in [1.29, 1.82) is 0 Å². The van der Waals surface area contributed by atoms with Crippen molar-refractivity contribution < 1.29 is 9.84 Å². The number of halogens is 2. The number of aliphatic imine (C=N–C) groups is 1. The highest BCUT2D eigenvalue weighted by molar-refractivity contribution is 14.0. The summed E-state index contributed by atoms with van der Waals surface area (Å²) in [5.74, 6) is 1.42. The van der Waals surface area contributed by atoms with Gasteiger partial charge in [0.15, 0.2) is 5.96 Å².